The summed E-state index contributed by atoms with van der Waals surface area (Å²) in [4.78, 5) is 12.0. The number of rotatable bonds is 3. The van der Waals surface area contributed by atoms with Crippen molar-refractivity contribution in [1.82, 2.24) is 9.97 Å². The zero-order valence-corrected chi connectivity index (χ0v) is 20.9. The molecule has 0 aliphatic heterocycles. The summed E-state index contributed by atoms with van der Waals surface area (Å²) in [6.07, 6.45) is 3.51. The molecule has 5 aromatic rings. The van der Waals surface area contributed by atoms with Crippen LogP contribution in [0, 0.1) is 30.0 Å². The minimum atomic E-state index is 0. The second kappa shape index (κ2) is 12.7. The Labute approximate surface area is 218 Å². The first-order valence-corrected chi connectivity index (χ1v) is 10.5. The summed E-state index contributed by atoms with van der Waals surface area (Å²) in [5, 5.41) is 8.92. The Balaban J connectivity index is 0.000000223. The van der Waals surface area contributed by atoms with E-state index in [1.165, 1.54) is 0 Å². The van der Waals surface area contributed by atoms with Gasteiger partial charge in [-0.1, -0.05) is 48.5 Å². The van der Waals surface area contributed by atoms with E-state index in [1.54, 1.807) is 24.5 Å². The number of nitrogens with zero attached hydrogens (tertiary/aromatic N) is 4. The second-order valence-electron chi connectivity index (χ2n) is 7.16. The Kier molecular flexibility index (Phi) is 9.17. The maximum atomic E-state index is 8.92. The largest absolute Gasteiger partial charge is 0.305 e. The Hall–Kier alpha value is -4.41. The number of hydrogen-bond acceptors (Lipinski definition) is 3. The predicted octanol–water partition coefficient (Wildman–Crippen LogP) is 7.18. The summed E-state index contributed by atoms with van der Waals surface area (Å²) in [7, 11) is 0. The number of aromatic nitrogens is 2. The number of nitriles is 1. The average Bonchev–Trinajstić information content (AvgIpc) is 2.94. The third kappa shape index (κ3) is 6.56. The summed E-state index contributed by atoms with van der Waals surface area (Å²) < 4.78 is 0. The molecule has 0 aliphatic rings. The molecule has 0 N–H and O–H groups in total. The van der Waals surface area contributed by atoms with Crippen LogP contribution >= 0.6 is 0 Å². The van der Waals surface area contributed by atoms with E-state index in [4.69, 9.17) is 11.8 Å². The number of hydrogen-bond donors (Lipinski definition) is 0. The van der Waals surface area contributed by atoms with E-state index in [1.807, 2.05) is 91.0 Å². The van der Waals surface area contributed by atoms with Gasteiger partial charge < -0.3 is 9.97 Å². The van der Waals surface area contributed by atoms with Gasteiger partial charge in [0.15, 0.2) is 0 Å². The molecule has 169 valence electrons. The van der Waals surface area contributed by atoms with Crippen LogP contribution in [0.1, 0.15) is 5.56 Å². The predicted molar refractivity (Wildman–Crippen MR) is 133 cm³/mol. The molecule has 0 atom stereocenters. The molecule has 5 rings (SSSR count). The molecule has 4 nitrogen and oxygen atoms in total. The number of pyridine rings is 2. The van der Waals surface area contributed by atoms with Crippen molar-refractivity contribution in [3.05, 3.63) is 139 Å². The summed E-state index contributed by atoms with van der Waals surface area (Å²) >= 11 is 0. The van der Waals surface area contributed by atoms with Crippen molar-refractivity contribution in [1.29, 1.82) is 5.26 Å². The van der Waals surface area contributed by atoms with Crippen molar-refractivity contribution in [2.24, 2.45) is 0 Å². The number of benzene rings is 3. The van der Waals surface area contributed by atoms with Crippen LogP contribution in [0.3, 0.4) is 0 Å². The molecule has 0 unspecified atom stereocenters. The first-order chi connectivity index (χ1) is 16.8. The molecule has 3 aromatic carbocycles. The Morgan fingerprint density at radius 2 is 1.54 bits per heavy atom. The van der Waals surface area contributed by atoms with Gasteiger partial charge in [-0.25, -0.2) is 5.26 Å². The van der Waals surface area contributed by atoms with Gasteiger partial charge in [0.1, 0.15) is 6.57 Å². The van der Waals surface area contributed by atoms with E-state index >= 15 is 0 Å². The van der Waals surface area contributed by atoms with Crippen molar-refractivity contribution in [3.63, 3.8) is 0 Å². The van der Waals surface area contributed by atoms with Gasteiger partial charge in [0.2, 0.25) is 5.69 Å². The summed E-state index contributed by atoms with van der Waals surface area (Å²) in [6.45, 7) is 7.29. The average molecular weight is 627 g/mol. The third-order valence-electron chi connectivity index (χ3n) is 4.94. The van der Waals surface area contributed by atoms with Gasteiger partial charge in [0.25, 0.3) is 0 Å². The van der Waals surface area contributed by atoms with Crippen LogP contribution in [-0.4, -0.2) is 9.97 Å². The van der Waals surface area contributed by atoms with E-state index in [2.05, 4.69) is 26.9 Å². The molecule has 2 aromatic heterocycles. The fourth-order valence-corrected chi connectivity index (χ4v) is 3.30. The second-order valence-corrected chi connectivity index (χ2v) is 7.16. The van der Waals surface area contributed by atoms with Crippen LogP contribution in [0.4, 0.5) is 5.69 Å². The molecule has 0 bridgehead atoms. The molecule has 0 aliphatic carbocycles. The minimum Gasteiger partial charge on any atom is -0.305 e. The van der Waals surface area contributed by atoms with Crippen molar-refractivity contribution in [2.45, 2.75) is 0 Å². The topological polar surface area (TPSA) is 53.9 Å². The van der Waals surface area contributed by atoms with Gasteiger partial charge in [-0.05, 0) is 51.8 Å². The summed E-state index contributed by atoms with van der Waals surface area (Å²) in [5.41, 5.74) is 6.23. The van der Waals surface area contributed by atoms with Crippen LogP contribution in [0.25, 0.3) is 38.5 Å². The molecule has 2 heterocycles. The SMILES string of the molecule is [C-]#[N+]c1cc(C#N)c[c-]c1-c1cc(-c2ccccc2)ccn1.[Ir].[c-]1ccccc1-c1ccccn1. The molecule has 0 fully saturated rings. The van der Waals surface area contributed by atoms with Crippen molar-refractivity contribution < 1.29 is 20.1 Å². The smallest absolute Gasteiger partial charge is 0.236 e. The molecule has 0 saturated carbocycles. The molecule has 0 spiro atoms. The summed E-state index contributed by atoms with van der Waals surface area (Å²) in [5.74, 6) is 0. The van der Waals surface area contributed by atoms with E-state index < -0.39 is 0 Å². The van der Waals surface area contributed by atoms with Crippen LogP contribution in [0.5, 0.6) is 0 Å². The standard InChI is InChI=1S/C19H10N3.C11H8N.Ir/c1-21-18-11-14(13-20)7-8-17(18)19-12-16(9-10-22-19)15-5-3-2-4-6-15;1-2-6-10(7-3-1)11-8-4-5-9-12-11;/h2-7,9-12H;1-6,8-9H;/q2*-1;. The van der Waals surface area contributed by atoms with E-state index in [0.717, 1.165) is 22.4 Å². The molecular weight excluding hydrogens is 609 g/mol. The van der Waals surface area contributed by atoms with Crippen LogP contribution in [0.15, 0.2) is 109 Å². The first-order valence-electron chi connectivity index (χ1n) is 10.5. The van der Waals surface area contributed by atoms with Crippen molar-refractivity contribution >= 4 is 5.69 Å². The van der Waals surface area contributed by atoms with Crippen molar-refractivity contribution in [3.8, 4) is 39.7 Å². The van der Waals surface area contributed by atoms with Gasteiger partial charge in [0, 0.05) is 38.6 Å². The Morgan fingerprint density at radius 3 is 2.23 bits per heavy atom. The minimum absolute atomic E-state index is 0. The van der Waals surface area contributed by atoms with Crippen LogP contribution < -0.4 is 0 Å². The Morgan fingerprint density at radius 1 is 0.771 bits per heavy atom. The van der Waals surface area contributed by atoms with E-state index in [0.29, 0.717) is 22.5 Å². The molecule has 0 amide bonds. The van der Waals surface area contributed by atoms with Gasteiger partial charge in [-0.15, -0.1) is 48.0 Å². The van der Waals surface area contributed by atoms with E-state index in [9.17, 15) is 0 Å². The monoisotopic (exact) mass is 627 g/mol. The molecule has 5 heteroatoms. The normalized spacial score (nSPS) is 9.43. The van der Waals surface area contributed by atoms with Crippen LogP contribution in [-0.2, 0) is 20.1 Å². The van der Waals surface area contributed by atoms with Gasteiger partial charge in [-0.3, -0.25) is 0 Å². The van der Waals surface area contributed by atoms with Crippen LogP contribution in [0.2, 0.25) is 0 Å². The fourth-order valence-electron chi connectivity index (χ4n) is 3.30. The fraction of sp³-hybridized carbons (Fsp3) is 0. The zero-order valence-electron chi connectivity index (χ0n) is 18.5. The molecular formula is C30H18IrN4-2. The summed E-state index contributed by atoms with van der Waals surface area (Å²) in [6, 6.07) is 38.8. The molecule has 1 radical (unpaired) electrons. The zero-order chi connectivity index (χ0) is 23.6. The van der Waals surface area contributed by atoms with Gasteiger partial charge in [-0.2, -0.15) is 4.85 Å². The first kappa shape index (κ1) is 25.2. The molecule has 35 heavy (non-hydrogen) atoms. The van der Waals surface area contributed by atoms with Crippen molar-refractivity contribution in [2.75, 3.05) is 0 Å². The third-order valence-corrected chi connectivity index (χ3v) is 4.94. The maximum Gasteiger partial charge on any atom is 0.236 e. The quantitative estimate of drug-likeness (QED) is 0.199. The maximum absolute atomic E-state index is 8.92. The Bertz CT molecular complexity index is 1420. The van der Waals surface area contributed by atoms with Gasteiger partial charge >= 0.3 is 0 Å². The van der Waals surface area contributed by atoms with E-state index in [-0.39, 0.29) is 20.1 Å². The van der Waals surface area contributed by atoms with Gasteiger partial charge in [0.05, 0.1) is 0 Å². The molecule has 0 saturated heterocycles.